The van der Waals surface area contributed by atoms with Gasteiger partial charge < -0.3 is 9.73 Å². The number of thioether (sulfide) groups is 1. The van der Waals surface area contributed by atoms with E-state index in [0.717, 1.165) is 0 Å². The number of hydrogen-bond acceptors (Lipinski definition) is 3. The van der Waals surface area contributed by atoms with Crippen LogP contribution in [-0.2, 0) is 0 Å². The molecule has 0 aliphatic rings. The molecule has 0 spiro atoms. The number of amides is 1. The first-order chi connectivity index (χ1) is 8.94. The minimum absolute atomic E-state index is 0.0637. The largest absolute Gasteiger partial charge is 0.472 e. The number of hydrogen-bond donors (Lipinski definition) is 1. The molecule has 19 heavy (non-hydrogen) atoms. The average molecular weight is 287 g/mol. The number of furan rings is 1. The summed E-state index contributed by atoms with van der Waals surface area (Å²) in [6.45, 7) is 0. The van der Waals surface area contributed by atoms with E-state index in [4.69, 9.17) is 4.42 Å². The van der Waals surface area contributed by atoms with Crippen molar-refractivity contribution in [2.45, 2.75) is 10.4 Å². The predicted molar refractivity (Wildman–Crippen MR) is 65.0 cm³/mol. The van der Waals surface area contributed by atoms with E-state index < -0.39 is 5.51 Å². The van der Waals surface area contributed by atoms with Crippen LogP contribution in [0.3, 0.4) is 0 Å². The maximum absolute atomic E-state index is 12.1. The van der Waals surface area contributed by atoms with E-state index in [1.807, 2.05) is 0 Å². The summed E-state index contributed by atoms with van der Waals surface area (Å²) in [5.41, 5.74) is -3.56. The number of nitrogens with one attached hydrogen (secondary N) is 1. The standard InChI is InChI=1S/C12H8F3NO2S/c13-12(14,15)19-10-3-1-9(2-4-10)16-11(17)8-5-6-18-7-8/h1-7H,(H,16,17). The Hall–Kier alpha value is -1.89. The average Bonchev–Trinajstić information content (AvgIpc) is 2.83. The van der Waals surface area contributed by atoms with Gasteiger partial charge in [0.05, 0.1) is 11.8 Å². The van der Waals surface area contributed by atoms with Gasteiger partial charge in [-0.15, -0.1) is 0 Å². The van der Waals surface area contributed by atoms with E-state index in [0.29, 0.717) is 11.3 Å². The van der Waals surface area contributed by atoms with Gasteiger partial charge in [-0.1, -0.05) is 0 Å². The number of carbonyl (C=O) groups is 1. The third kappa shape index (κ3) is 4.06. The fraction of sp³-hybridized carbons (Fsp3) is 0.0833. The van der Waals surface area contributed by atoms with Crippen LogP contribution in [0.5, 0.6) is 0 Å². The van der Waals surface area contributed by atoms with E-state index >= 15 is 0 Å². The summed E-state index contributed by atoms with van der Waals surface area (Å²) in [6.07, 6.45) is 2.64. The normalized spacial score (nSPS) is 11.3. The number of anilines is 1. The Morgan fingerprint density at radius 3 is 2.37 bits per heavy atom. The number of carbonyl (C=O) groups excluding carboxylic acids is 1. The van der Waals surface area contributed by atoms with Crippen LogP contribution >= 0.6 is 11.8 Å². The van der Waals surface area contributed by atoms with Crippen molar-refractivity contribution < 1.29 is 22.4 Å². The van der Waals surface area contributed by atoms with Crippen LogP contribution in [0, 0.1) is 0 Å². The number of alkyl halides is 3. The molecule has 7 heteroatoms. The van der Waals surface area contributed by atoms with Crippen molar-refractivity contribution in [3.8, 4) is 0 Å². The van der Waals surface area contributed by atoms with Gasteiger partial charge in [-0.05, 0) is 42.1 Å². The molecule has 0 bridgehead atoms. The Balaban J connectivity index is 2.01. The van der Waals surface area contributed by atoms with Crippen LogP contribution in [0.1, 0.15) is 10.4 Å². The lowest BCUT2D eigenvalue weighted by atomic mass is 10.3. The lowest BCUT2D eigenvalue weighted by Gasteiger charge is -2.07. The zero-order chi connectivity index (χ0) is 13.9. The summed E-state index contributed by atoms with van der Waals surface area (Å²) in [5.74, 6) is -0.384. The first kappa shape index (κ1) is 13.5. The summed E-state index contributed by atoms with van der Waals surface area (Å²) in [6, 6.07) is 6.90. The minimum atomic E-state index is -4.32. The summed E-state index contributed by atoms with van der Waals surface area (Å²) >= 11 is -0.202. The zero-order valence-electron chi connectivity index (χ0n) is 9.40. The predicted octanol–water partition coefficient (Wildman–Crippen LogP) is 4.14. The maximum atomic E-state index is 12.1. The fourth-order valence-corrected chi connectivity index (χ4v) is 1.88. The topological polar surface area (TPSA) is 42.2 Å². The number of rotatable bonds is 3. The van der Waals surface area contributed by atoms with Gasteiger partial charge in [0, 0.05) is 10.6 Å². The van der Waals surface area contributed by atoms with Gasteiger partial charge in [-0.3, -0.25) is 4.79 Å². The van der Waals surface area contributed by atoms with Gasteiger partial charge in [0.25, 0.3) is 5.91 Å². The maximum Gasteiger partial charge on any atom is 0.446 e. The van der Waals surface area contributed by atoms with E-state index in [9.17, 15) is 18.0 Å². The molecule has 0 saturated heterocycles. The molecule has 0 unspecified atom stereocenters. The number of benzene rings is 1. The van der Waals surface area contributed by atoms with Crippen molar-refractivity contribution in [2.75, 3.05) is 5.32 Å². The smallest absolute Gasteiger partial charge is 0.446 e. The molecule has 1 N–H and O–H groups in total. The van der Waals surface area contributed by atoms with Crippen LogP contribution in [-0.4, -0.2) is 11.4 Å². The molecule has 2 rings (SSSR count). The second kappa shape index (κ2) is 5.40. The molecular weight excluding hydrogens is 279 g/mol. The van der Waals surface area contributed by atoms with Crippen molar-refractivity contribution in [1.29, 1.82) is 0 Å². The Bertz CT molecular complexity index is 549. The third-order valence-corrected chi connectivity index (χ3v) is 2.87. The molecule has 1 heterocycles. The summed E-state index contributed by atoms with van der Waals surface area (Å²) in [4.78, 5) is 11.7. The van der Waals surface area contributed by atoms with Crippen molar-refractivity contribution in [1.82, 2.24) is 0 Å². The lowest BCUT2D eigenvalue weighted by molar-refractivity contribution is -0.0328. The van der Waals surface area contributed by atoms with Crippen molar-refractivity contribution in [3.05, 3.63) is 48.4 Å². The first-order valence-electron chi connectivity index (χ1n) is 5.13. The quantitative estimate of drug-likeness (QED) is 0.862. The molecule has 100 valence electrons. The van der Waals surface area contributed by atoms with Gasteiger partial charge in [0.15, 0.2) is 0 Å². The summed E-state index contributed by atoms with van der Waals surface area (Å²) in [7, 11) is 0. The SMILES string of the molecule is O=C(Nc1ccc(SC(F)(F)F)cc1)c1ccoc1. The van der Waals surface area contributed by atoms with Crippen LogP contribution in [0.25, 0.3) is 0 Å². The molecule has 1 aromatic carbocycles. The van der Waals surface area contributed by atoms with Crippen LogP contribution in [0.4, 0.5) is 18.9 Å². The van der Waals surface area contributed by atoms with Crippen molar-refractivity contribution in [3.63, 3.8) is 0 Å². The monoisotopic (exact) mass is 287 g/mol. The molecule has 0 aliphatic heterocycles. The summed E-state index contributed by atoms with van der Waals surface area (Å²) < 4.78 is 41.1. The third-order valence-electron chi connectivity index (χ3n) is 2.13. The second-order valence-electron chi connectivity index (χ2n) is 3.54. The molecule has 0 atom stereocenters. The molecule has 0 aliphatic carbocycles. The highest BCUT2D eigenvalue weighted by molar-refractivity contribution is 8.00. The number of halogens is 3. The highest BCUT2D eigenvalue weighted by atomic mass is 32.2. The molecule has 3 nitrogen and oxygen atoms in total. The first-order valence-corrected chi connectivity index (χ1v) is 5.95. The molecule has 0 saturated carbocycles. The lowest BCUT2D eigenvalue weighted by Crippen LogP contribution is -2.10. The molecule has 1 amide bonds. The molecule has 2 aromatic rings. The van der Waals surface area contributed by atoms with Crippen LogP contribution < -0.4 is 5.32 Å². The zero-order valence-corrected chi connectivity index (χ0v) is 10.2. The van der Waals surface area contributed by atoms with Crippen LogP contribution in [0.15, 0.2) is 52.2 Å². The van der Waals surface area contributed by atoms with Crippen molar-refractivity contribution in [2.24, 2.45) is 0 Å². The van der Waals surface area contributed by atoms with E-state index in [1.54, 1.807) is 0 Å². The molecular formula is C12H8F3NO2S. The fourth-order valence-electron chi connectivity index (χ4n) is 1.34. The van der Waals surface area contributed by atoms with Gasteiger partial charge in [0.2, 0.25) is 0 Å². The van der Waals surface area contributed by atoms with E-state index in [-0.39, 0.29) is 22.6 Å². The molecule has 0 fully saturated rings. The van der Waals surface area contributed by atoms with Gasteiger partial charge in [-0.2, -0.15) is 13.2 Å². The molecule has 0 radical (unpaired) electrons. The van der Waals surface area contributed by atoms with Crippen LogP contribution in [0.2, 0.25) is 0 Å². The van der Waals surface area contributed by atoms with Gasteiger partial charge in [0.1, 0.15) is 6.26 Å². The summed E-state index contributed by atoms with van der Waals surface area (Å²) in [5, 5.41) is 2.54. The van der Waals surface area contributed by atoms with Crippen molar-refractivity contribution >= 4 is 23.4 Å². The highest BCUT2D eigenvalue weighted by Crippen LogP contribution is 2.37. The van der Waals surface area contributed by atoms with Gasteiger partial charge >= 0.3 is 5.51 Å². The molecule has 1 aromatic heterocycles. The Labute approximate surface area is 110 Å². The van der Waals surface area contributed by atoms with Gasteiger partial charge in [-0.25, -0.2) is 0 Å². The minimum Gasteiger partial charge on any atom is -0.472 e. The Kier molecular flexibility index (Phi) is 3.84. The van der Waals surface area contributed by atoms with E-state index in [2.05, 4.69) is 5.32 Å². The Morgan fingerprint density at radius 1 is 1.16 bits per heavy atom. The van der Waals surface area contributed by atoms with E-state index in [1.165, 1.54) is 42.9 Å². The second-order valence-corrected chi connectivity index (χ2v) is 4.68. The Morgan fingerprint density at radius 2 is 1.84 bits per heavy atom. The highest BCUT2D eigenvalue weighted by Gasteiger charge is 2.29.